The van der Waals surface area contributed by atoms with Gasteiger partial charge in [0, 0.05) is 28.4 Å². The summed E-state index contributed by atoms with van der Waals surface area (Å²) in [7, 11) is 1.41. The van der Waals surface area contributed by atoms with Crippen molar-refractivity contribution in [2.45, 2.75) is 26.5 Å². The second-order valence-electron chi connectivity index (χ2n) is 9.80. The maximum absolute atomic E-state index is 12.6. The third-order valence-corrected chi connectivity index (χ3v) is 7.41. The average molecular weight is 731 g/mol. The van der Waals surface area contributed by atoms with Gasteiger partial charge in [0.25, 0.3) is 11.6 Å². The van der Waals surface area contributed by atoms with Crippen LogP contribution >= 0.6 is 27.5 Å². The molecule has 3 aromatic rings. The Kier molecular flexibility index (Phi) is 11.8. The van der Waals surface area contributed by atoms with Crippen molar-refractivity contribution in [3.8, 4) is 17.2 Å². The molecule has 3 N–H and O–H groups in total. The number of methoxy groups -OCH3 is 1. The first-order valence-corrected chi connectivity index (χ1v) is 15.1. The molecule has 1 heterocycles. The van der Waals surface area contributed by atoms with Crippen LogP contribution in [0.3, 0.4) is 0 Å². The molecule has 0 aromatic heterocycles. The van der Waals surface area contributed by atoms with Crippen molar-refractivity contribution < 1.29 is 38.3 Å². The first-order valence-electron chi connectivity index (χ1n) is 13.9. The monoisotopic (exact) mass is 729 g/mol. The van der Waals surface area contributed by atoms with Crippen LogP contribution in [0.5, 0.6) is 17.2 Å². The molecule has 4 rings (SSSR count). The Morgan fingerprint density at radius 2 is 1.87 bits per heavy atom. The van der Waals surface area contributed by atoms with Gasteiger partial charge in [0.1, 0.15) is 12.4 Å². The maximum Gasteiger partial charge on any atom is 0.338 e. The van der Waals surface area contributed by atoms with E-state index < -0.39 is 35.5 Å². The second kappa shape index (κ2) is 15.9. The van der Waals surface area contributed by atoms with Crippen molar-refractivity contribution in [3.05, 3.63) is 102 Å². The quantitative estimate of drug-likeness (QED) is 0.0909. The molecule has 14 nitrogen and oxygen atoms in total. The van der Waals surface area contributed by atoms with E-state index in [-0.39, 0.29) is 36.0 Å². The number of carbonyl (C=O) groups is 3. The van der Waals surface area contributed by atoms with Crippen LogP contribution in [0.25, 0.3) is 0 Å². The first kappa shape index (κ1) is 34.7. The van der Waals surface area contributed by atoms with E-state index in [1.165, 1.54) is 25.5 Å². The van der Waals surface area contributed by atoms with Gasteiger partial charge in [0.2, 0.25) is 0 Å². The number of hydrogen-bond acceptors (Lipinski definition) is 10. The molecule has 0 spiro atoms. The van der Waals surface area contributed by atoms with Gasteiger partial charge >= 0.3 is 12.0 Å². The van der Waals surface area contributed by atoms with Gasteiger partial charge < -0.3 is 29.6 Å². The molecule has 0 aliphatic carbocycles. The lowest BCUT2D eigenvalue weighted by Crippen LogP contribution is -2.45. The van der Waals surface area contributed by atoms with Gasteiger partial charge in [0.05, 0.1) is 40.9 Å². The molecular formula is C31H29BrClN5O9. The molecule has 47 heavy (non-hydrogen) atoms. The zero-order valence-electron chi connectivity index (χ0n) is 25.3. The first-order chi connectivity index (χ1) is 22.5. The molecule has 1 atom stereocenters. The fourth-order valence-electron chi connectivity index (χ4n) is 4.45. The molecule has 0 unspecified atom stereocenters. The number of esters is 1. The van der Waals surface area contributed by atoms with Gasteiger partial charge in [-0.25, -0.2) is 15.0 Å². The lowest BCUT2D eigenvalue weighted by Gasteiger charge is -2.28. The highest BCUT2D eigenvalue weighted by molar-refractivity contribution is 9.10. The number of urea groups is 1. The largest absolute Gasteiger partial charge is 0.493 e. The Balaban J connectivity index is 1.40. The molecule has 3 aromatic carbocycles. The van der Waals surface area contributed by atoms with Crippen molar-refractivity contribution in [1.82, 2.24) is 16.1 Å². The standard InChI is InChI=1S/C31H29BrClN5O9/c1-4-45-30(40)27-17(2)35-31(41)36-28(27)19-7-10-24(25(12-19)44-3)46-16-26(39)37-34-14-20-11-21(33)13-23(32)29(20)47-15-18-5-8-22(9-6-18)38(42)43/h5-14,28H,4,15-16H2,1-3H3,(H,37,39)(H2,35,36,41)/b34-14+/t28-/m0/s1. The fraction of sp³-hybridized carbons (Fsp3) is 0.226. The Morgan fingerprint density at radius 1 is 1.13 bits per heavy atom. The highest BCUT2D eigenvalue weighted by atomic mass is 79.9. The highest BCUT2D eigenvalue weighted by Gasteiger charge is 2.32. The number of allylic oxidation sites excluding steroid dienone is 1. The lowest BCUT2D eigenvalue weighted by molar-refractivity contribution is -0.384. The molecule has 1 aliphatic rings. The summed E-state index contributed by atoms with van der Waals surface area (Å²) in [4.78, 5) is 47.8. The minimum atomic E-state index is -0.807. The number of benzene rings is 3. The van der Waals surface area contributed by atoms with Crippen molar-refractivity contribution in [1.29, 1.82) is 0 Å². The van der Waals surface area contributed by atoms with E-state index in [2.05, 4.69) is 37.1 Å². The summed E-state index contributed by atoms with van der Waals surface area (Å²) in [6, 6.07) is 12.6. The number of carbonyl (C=O) groups excluding carboxylic acids is 3. The van der Waals surface area contributed by atoms with Crippen LogP contribution in [0.15, 0.2) is 75.4 Å². The fourth-order valence-corrected chi connectivity index (χ4v) is 5.40. The molecule has 0 bridgehead atoms. The number of amides is 3. The Bertz CT molecular complexity index is 1750. The topological polar surface area (TPSA) is 180 Å². The molecule has 0 radical (unpaired) electrons. The van der Waals surface area contributed by atoms with Crippen LogP contribution in [0.4, 0.5) is 10.5 Å². The summed E-state index contributed by atoms with van der Waals surface area (Å²) < 4.78 is 22.7. The predicted molar refractivity (Wildman–Crippen MR) is 175 cm³/mol. The molecule has 16 heteroatoms. The zero-order valence-corrected chi connectivity index (χ0v) is 27.6. The van der Waals surface area contributed by atoms with Gasteiger partial charge in [-0.1, -0.05) is 17.7 Å². The number of nitrogens with one attached hydrogen (secondary N) is 3. The summed E-state index contributed by atoms with van der Waals surface area (Å²) in [5.41, 5.74) is 4.61. The zero-order chi connectivity index (χ0) is 34.1. The van der Waals surface area contributed by atoms with Gasteiger partial charge in [-0.15, -0.1) is 0 Å². The van der Waals surface area contributed by atoms with Crippen LogP contribution in [0, 0.1) is 10.1 Å². The molecular weight excluding hydrogens is 702 g/mol. The summed E-state index contributed by atoms with van der Waals surface area (Å²) in [5.74, 6) is -0.295. The summed E-state index contributed by atoms with van der Waals surface area (Å²) >= 11 is 9.62. The minimum Gasteiger partial charge on any atom is -0.493 e. The number of ether oxygens (including phenoxy) is 4. The number of hydrazone groups is 1. The molecule has 246 valence electrons. The lowest BCUT2D eigenvalue weighted by atomic mass is 9.95. The van der Waals surface area contributed by atoms with Gasteiger partial charge in [0.15, 0.2) is 18.1 Å². The van der Waals surface area contributed by atoms with Crippen molar-refractivity contribution in [2.24, 2.45) is 5.10 Å². The molecule has 3 amide bonds. The van der Waals surface area contributed by atoms with E-state index in [0.29, 0.717) is 37.6 Å². The van der Waals surface area contributed by atoms with Crippen molar-refractivity contribution in [3.63, 3.8) is 0 Å². The van der Waals surface area contributed by atoms with Crippen LogP contribution in [-0.2, 0) is 20.9 Å². The van der Waals surface area contributed by atoms with Gasteiger partial charge in [-0.2, -0.15) is 5.10 Å². The Morgan fingerprint density at radius 3 is 2.55 bits per heavy atom. The number of rotatable bonds is 13. The number of non-ortho nitro benzene ring substituents is 1. The number of nitro groups is 1. The number of halogens is 2. The summed E-state index contributed by atoms with van der Waals surface area (Å²) in [5, 5.41) is 20.6. The average Bonchev–Trinajstić information content (AvgIpc) is 3.03. The van der Waals surface area contributed by atoms with E-state index in [1.54, 1.807) is 56.3 Å². The normalized spacial score (nSPS) is 14.2. The van der Waals surface area contributed by atoms with E-state index in [0.717, 1.165) is 0 Å². The predicted octanol–water partition coefficient (Wildman–Crippen LogP) is 5.32. The molecule has 0 saturated heterocycles. The minimum absolute atomic E-state index is 0.0336. The van der Waals surface area contributed by atoms with Crippen LogP contribution in [0.1, 0.15) is 36.6 Å². The molecule has 0 saturated carbocycles. The van der Waals surface area contributed by atoms with Crippen molar-refractivity contribution in [2.75, 3.05) is 20.3 Å². The highest BCUT2D eigenvalue weighted by Crippen LogP contribution is 2.35. The second-order valence-corrected chi connectivity index (χ2v) is 11.1. The number of hydrogen-bond donors (Lipinski definition) is 3. The van der Waals surface area contributed by atoms with E-state index in [4.69, 9.17) is 30.5 Å². The Labute approximate surface area is 282 Å². The molecule has 1 aliphatic heterocycles. The Hall–Kier alpha value is -5.15. The number of nitrogens with zero attached hydrogens (tertiary/aromatic N) is 2. The third-order valence-electron chi connectivity index (χ3n) is 6.60. The smallest absolute Gasteiger partial charge is 0.338 e. The van der Waals surface area contributed by atoms with Crippen molar-refractivity contribution >= 4 is 57.3 Å². The van der Waals surface area contributed by atoms with Gasteiger partial charge in [-0.05, 0) is 77.3 Å². The van der Waals surface area contributed by atoms with E-state index in [9.17, 15) is 24.5 Å². The van der Waals surface area contributed by atoms with E-state index >= 15 is 0 Å². The van der Waals surface area contributed by atoms with E-state index in [1.807, 2.05) is 0 Å². The molecule has 0 fully saturated rings. The summed E-state index contributed by atoms with van der Waals surface area (Å²) in [6.45, 7) is 3.13. The van der Waals surface area contributed by atoms with Gasteiger partial charge in [-0.3, -0.25) is 14.9 Å². The van der Waals surface area contributed by atoms with Crippen LogP contribution in [-0.4, -0.2) is 49.4 Å². The number of nitro benzene ring substituents is 1. The third kappa shape index (κ3) is 8.98. The summed E-state index contributed by atoms with van der Waals surface area (Å²) in [6.07, 6.45) is 1.35. The van der Waals surface area contributed by atoms with Crippen LogP contribution in [0.2, 0.25) is 5.02 Å². The van der Waals surface area contributed by atoms with Crippen LogP contribution < -0.4 is 30.3 Å². The SMILES string of the molecule is CCOC(=O)C1=C(C)NC(=O)N[C@H]1c1ccc(OCC(=O)N/N=C/c2cc(Cl)cc(Br)c2OCc2ccc([N+](=O)[O-])cc2)c(OC)c1. The maximum atomic E-state index is 12.6.